The fourth-order valence-electron chi connectivity index (χ4n) is 2.19. The predicted molar refractivity (Wildman–Crippen MR) is 69.5 cm³/mol. The molecule has 1 amide bonds. The molecule has 0 spiro atoms. The summed E-state index contributed by atoms with van der Waals surface area (Å²) in [5.41, 5.74) is 0.508. The summed E-state index contributed by atoms with van der Waals surface area (Å²) in [5, 5.41) is 13.7. The Labute approximate surface area is 110 Å². The second kappa shape index (κ2) is 5.23. The lowest BCUT2D eigenvalue weighted by atomic mass is 10.2. The summed E-state index contributed by atoms with van der Waals surface area (Å²) in [5.74, 6) is 0.286. The highest BCUT2D eigenvalue weighted by Crippen LogP contribution is 2.34. The normalized spacial score (nSPS) is 18.7. The first-order valence-corrected chi connectivity index (χ1v) is 5.89. The van der Waals surface area contributed by atoms with E-state index in [-0.39, 0.29) is 17.6 Å². The summed E-state index contributed by atoms with van der Waals surface area (Å²) in [6.45, 7) is 0.568. The van der Waals surface area contributed by atoms with Crippen LogP contribution in [0.5, 0.6) is 5.75 Å². The van der Waals surface area contributed by atoms with Gasteiger partial charge < -0.3 is 15.0 Å². The van der Waals surface area contributed by atoms with Gasteiger partial charge in [0.25, 0.3) is 5.69 Å². The maximum absolute atomic E-state index is 12.1. The summed E-state index contributed by atoms with van der Waals surface area (Å²) >= 11 is 0. The number of non-ortho nitro benzene ring substituents is 1. The highest BCUT2D eigenvalue weighted by Gasteiger charge is 2.33. The van der Waals surface area contributed by atoms with Crippen LogP contribution in [0.2, 0.25) is 0 Å². The Kier molecular flexibility index (Phi) is 3.66. The molecule has 1 fully saturated rings. The molecule has 2 rings (SSSR count). The van der Waals surface area contributed by atoms with Crippen LogP contribution < -0.4 is 15.0 Å². The van der Waals surface area contributed by atoms with Gasteiger partial charge in [-0.3, -0.25) is 14.9 Å². The molecular weight excluding hydrogens is 250 g/mol. The number of hydrogen-bond donors (Lipinski definition) is 1. The number of anilines is 1. The molecule has 7 heteroatoms. The van der Waals surface area contributed by atoms with E-state index in [1.54, 1.807) is 18.0 Å². The summed E-state index contributed by atoms with van der Waals surface area (Å²) in [6.07, 6.45) is 0.704. The Morgan fingerprint density at radius 3 is 2.79 bits per heavy atom. The van der Waals surface area contributed by atoms with Crippen LogP contribution in [0.4, 0.5) is 11.4 Å². The van der Waals surface area contributed by atoms with Crippen molar-refractivity contribution in [3.8, 4) is 5.75 Å². The largest absolute Gasteiger partial charge is 0.494 e. The number of carbonyl (C=O) groups is 1. The van der Waals surface area contributed by atoms with Gasteiger partial charge in [0.2, 0.25) is 5.91 Å². The lowest BCUT2D eigenvalue weighted by Gasteiger charge is -2.19. The SMILES string of the molecule is CNC1CCN(c2ccc([N+](=O)[O-])cc2OC)C1=O. The van der Waals surface area contributed by atoms with Crippen molar-refractivity contribution >= 4 is 17.3 Å². The van der Waals surface area contributed by atoms with Crippen molar-refractivity contribution in [3.63, 3.8) is 0 Å². The van der Waals surface area contributed by atoms with Crippen LogP contribution in [0, 0.1) is 10.1 Å². The van der Waals surface area contributed by atoms with E-state index in [4.69, 9.17) is 4.74 Å². The van der Waals surface area contributed by atoms with Crippen LogP contribution in [0.3, 0.4) is 0 Å². The van der Waals surface area contributed by atoms with E-state index in [1.807, 2.05) is 0 Å². The molecule has 0 bridgehead atoms. The second-order valence-electron chi connectivity index (χ2n) is 4.23. The van der Waals surface area contributed by atoms with Crippen molar-refractivity contribution in [2.75, 3.05) is 25.6 Å². The first kappa shape index (κ1) is 13.3. The molecule has 1 saturated heterocycles. The van der Waals surface area contributed by atoms with Crippen LogP contribution in [0.25, 0.3) is 0 Å². The topological polar surface area (TPSA) is 84.7 Å². The number of rotatable bonds is 4. The van der Waals surface area contributed by atoms with Gasteiger partial charge in [0.1, 0.15) is 5.75 Å². The zero-order valence-electron chi connectivity index (χ0n) is 10.8. The van der Waals surface area contributed by atoms with Crippen molar-refractivity contribution in [2.45, 2.75) is 12.5 Å². The zero-order valence-corrected chi connectivity index (χ0v) is 10.8. The van der Waals surface area contributed by atoms with E-state index < -0.39 is 4.92 Å². The van der Waals surface area contributed by atoms with Crippen LogP contribution in [0.1, 0.15) is 6.42 Å². The summed E-state index contributed by atoms with van der Waals surface area (Å²) in [6, 6.07) is 4.04. The highest BCUT2D eigenvalue weighted by molar-refractivity contribution is 6.00. The number of nitro groups is 1. The molecule has 1 unspecified atom stereocenters. The Balaban J connectivity index is 2.35. The van der Waals surface area contributed by atoms with Gasteiger partial charge in [-0.05, 0) is 19.5 Å². The average Bonchev–Trinajstić information content (AvgIpc) is 2.78. The number of nitro benzene ring substituents is 1. The highest BCUT2D eigenvalue weighted by atomic mass is 16.6. The van der Waals surface area contributed by atoms with E-state index in [0.29, 0.717) is 24.4 Å². The first-order chi connectivity index (χ1) is 9.08. The molecule has 0 aliphatic carbocycles. The van der Waals surface area contributed by atoms with E-state index >= 15 is 0 Å². The molecule has 1 N–H and O–H groups in total. The Bertz CT molecular complexity index is 518. The van der Waals surface area contributed by atoms with Gasteiger partial charge in [0.15, 0.2) is 0 Å². The minimum atomic E-state index is -0.492. The number of benzene rings is 1. The third-order valence-corrected chi connectivity index (χ3v) is 3.22. The minimum absolute atomic E-state index is 0.0466. The zero-order chi connectivity index (χ0) is 14.0. The second-order valence-corrected chi connectivity index (χ2v) is 4.23. The number of amides is 1. The number of likely N-dealkylation sites (N-methyl/N-ethyl adjacent to an activating group) is 1. The molecule has 1 aromatic carbocycles. The number of carbonyl (C=O) groups excluding carboxylic acids is 1. The molecule has 1 aromatic rings. The molecule has 7 nitrogen and oxygen atoms in total. The van der Waals surface area contributed by atoms with Gasteiger partial charge >= 0.3 is 0 Å². The summed E-state index contributed by atoms with van der Waals surface area (Å²) < 4.78 is 5.15. The quantitative estimate of drug-likeness (QED) is 0.646. The van der Waals surface area contributed by atoms with Gasteiger partial charge in [-0.2, -0.15) is 0 Å². The monoisotopic (exact) mass is 265 g/mol. The van der Waals surface area contributed by atoms with Crippen molar-refractivity contribution in [1.82, 2.24) is 5.32 Å². The third kappa shape index (κ3) is 2.37. The molecule has 1 atom stereocenters. The standard InChI is InChI=1S/C12H15N3O4/c1-13-9-5-6-14(12(9)16)10-4-3-8(15(17)18)7-11(10)19-2/h3-4,7,9,13H,5-6H2,1-2H3. The first-order valence-electron chi connectivity index (χ1n) is 5.89. The smallest absolute Gasteiger partial charge is 0.273 e. The number of methoxy groups -OCH3 is 1. The molecule has 19 heavy (non-hydrogen) atoms. The molecular formula is C12H15N3O4. The minimum Gasteiger partial charge on any atom is -0.494 e. The van der Waals surface area contributed by atoms with Crippen LogP contribution in [0.15, 0.2) is 18.2 Å². The summed E-state index contributed by atoms with van der Waals surface area (Å²) in [7, 11) is 3.16. The predicted octanol–water partition coefficient (Wildman–Crippen LogP) is 0.928. The fraction of sp³-hybridized carbons (Fsp3) is 0.417. The molecule has 102 valence electrons. The Morgan fingerprint density at radius 2 is 2.26 bits per heavy atom. The van der Waals surface area contributed by atoms with Crippen molar-refractivity contribution in [3.05, 3.63) is 28.3 Å². The molecule has 1 aliphatic rings. The lowest BCUT2D eigenvalue weighted by Crippen LogP contribution is -2.36. The number of nitrogens with zero attached hydrogens (tertiary/aromatic N) is 2. The van der Waals surface area contributed by atoms with E-state index in [0.717, 1.165) is 0 Å². The molecule has 0 saturated carbocycles. The van der Waals surface area contributed by atoms with E-state index in [9.17, 15) is 14.9 Å². The van der Waals surface area contributed by atoms with Crippen LogP contribution in [-0.4, -0.2) is 37.6 Å². The molecule has 1 heterocycles. The molecule has 0 aromatic heterocycles. The van der Waals surface area contributed by atoms with Crippen molar-refractivity contribution in [1.29, 1.82) is 0 Å². The van der Waals surface area contributed by atoms with E-state index in [1.165, 1.54) is 19.2 Å². The van der Waals surface area contributed by atoms with Gasteiger partial charge in [0.05, 0.1) is 29.8 Å². The maximum atomic E-state index is 12.1. The van der Waals surface area contributed by atoms with Gasteiger partial charge in [-0.15, -0.1) is 0 Å². The Hall–Kier alpha value is -2.15. The fourth-order valence-corrected chi connectivity index (χ4v) is 2.19. The molecule has 0 radical (unpaired) electrons. The van der Waals surface area contributed by atoms with Gasteiger partial charge in [-0.1, -0.05) is 0 Å². The summed E-state index contributed by atoms with van der Waals surface area (Å²) in [4.78, 5) is 23.9. The third-order valence-electron chi connectivity index (χ3n) is 3.22. The maximum Gasteiger partial charge on any atom is 0.273 e. The Morgan fingerprint density at radius 1 is 1.53 bits per heavy atom. The number of ether oxygens (including phenoxy) is 1. The lowest BCUT2D eigenvalue weighted by molar-refractivity contribution is -0.384. The molecule has 1 aliphatic heterocycles. The number of nitrogens with one attached hydrogen (secondary N) is 1. The van der Waals surface area contributed by atoms with Crippen molar-refractivity contribution in [2.24, 2.45) is 0 Å². The van der Waals surface area contributed by atoms with Crippen LogP contribution >= 0.6 is 0 Å². The van der Waals surface area contributed by atoms with Crippen LogP contribution in [-0.2, 0) is 4.79 Å². The number of hydrogen-bond acceptors (Lipinski definition) is 5. The average molecular weight is 265 g/mol. The van der Waals surface area contributed by atoms with Crippen molar-refractivity contribution < 1.29 is 14.5 Å². The van der Waals surface area contributed by atoms with E-state index in [2.05, 4.69) is 5.32 Å². The van der Waals surface area contributed by atoms with Gasteiger partial charge in [0, 0.05) is 12.6 Å². The van der Waals surface area contributed by atoms with Gasteiger partial charge in [-0.25, -0.2) is 0 Å².